The molecule has 0 amide bonds. The SMILES string of the molecule is CCOc1ncccc1-c1c(O)c(S(=O)(=O)c2ccccc2)cc(C#N)c1C1CNc2ccccc21. The number of benzene rings is 3. The van der Waals surface area contributed by atoms with Gasteiger partial charge in [-0.25, -0.2) is 13.4 Å². The predicted molar refractivity (Wildman–Crippen MR) is 136 cm³/mol. The van der Waals surface area contributed by atoms with Gasteiger partial charge in [0.15, 0.2) is 0 Å². The van der Waals surface area contributed by atoms with Crippen LogP contribution in [0.4, 0.5) is 5.69 Å². The molecule has 0 spiro atoms. The zero-order chi connectivity index (χ0) is 25.3. The second-order valence-electron chi connectivity index (χ2n) is 8.30. The standard InChI is InChI=1S/C28H23N3O4S/c1-2-35-28-21(12-8-14-30-28)26-25(22-17-31-23-13-7-6-11-20(22)23)18(16-29)15-24(27(26)32)36(33,34)19-9-4-3-5-10-19/h3-15,22,31-32H,2,17H2,1H3. The summed E-state index contributed by atoms with van der Waals surface area (Å²) in [7, 11) is -4.14. The molecule has 7 nitrogen and oxygen atoms in total. The Morgan fingerprint density at radius 1 is 1.11 bits per heavy atom. The Morgan fingerprint density at radius 2 is 1.86 bits per heavy atom. The highest BCUT2D eigenvalue weighted by atomic mass is 32.2. The van der Waals surface area contributed by atoms with Gasteiger partial charge >= 0.3 is 0 Å². The fraction of sp³-hybridized carbons (Fsp3) is 0.143. The number of hydrogen-bond donors (Lipinski definition) is 2. The fourth-order valence-electron chi connectivity index (χ4n) is 4.70. The van der Waals surface area contributed by atoms with Crippen molar-refractivity contribution in [2.75, 3.05) is 18.5 Å². The normalized spacial score (nSPS) is 14.5. The van der Waals surface area contributed by atoms with Crippen LogP contribution in [0.3, 0.4) is 0 Å². The van der Waals surface area contributed by atoms with E-state index in [-0.39, 0.29) is 32.7 Å². The molecule has 1 atom stereocenters. The van der Waals surface area contributed by atoms with E-state index >= 15 is 0 Å². The number of phenols is 1. The van der Waals surface area contributed by atoms with Crippen molar-refractivity contribution in [3.8, 4) is 28.8 Å². The molecule has 36 heavy (non-hydrogen) atoms. The van der Waals surface area contributed by atoms with E-state index in [1.807, 2.05) is 31.2 Å². The highest BCUT2D eigenvalue weighted by Gasteiger charge is 2.35. The maximum Gasteiger partial charge on any atom is 0.221 e. The number of fused-ring (bicyclic) bond motifs is 1. The number of aromatic hydroxyl groups is 1. The molecule has 4 aromatic rings. The van der Waals surface area contributed by atoms with E-state index < -0.39 is 15.6 Å². The van der Waals surface area contributed by atoms with Crippen LogP contribution in [-0.2, 0) is 9.84 Å². The van der Waals surface area contributed by atoms with E-state index in [1.165, 1.54) is 18.2 Å². The first-order chi connectivity index (χ1) is 17.5. The van der Waals surface area contributed by atoms with Gasteiger partial charge in [-0.15, -0.1) is 0 Å². The molecular formula is C28H23N3O4S. The van der Waals surface area contributed by atoms with Crippen molar-refractivity contribution < 1.29 is 18.3 Å². The molecule has 1 aliphatic rings. The van der Waals surface area contributed by atoms with Crippen LogP contribution in [0.5, 0.6) is 11.6 Å². The lowest BCUT2D eigenvalue weighted by atomic mass is 9.83. The van der Waals surface area contributed by atoms with Crippen LogP contribution in [0.1, 0.15) is 29.5 Å². The third-order valence-electron chi connectivity index (χ3n) is 6.27. The molecule has 0 saturated carbocycles. The van der Waals surface area contributed by atoms with Crippen molar-refractivity contribution in [1.82, 2.24) is 4.98 Å². The first-order valence-corrected chi connectivity index (χ1v) is 13.0. The van der Waals surface area contributed by atoms with Gasteiger partial charge in [0.1, 0.15) is 10.6 Å². The van der Waals surface area contributed by atoms with Crippen molar-refractivity contribution in [2.45, 2.75) is 22.6 Å². The number of rotatable bonds is 6. The number of nitrogens with zero attached hydrogens (tertiary/aromatic N) is 2. The molecule has 1 aromatic heterocycles. The largest absolute Gasteiger partial charge is 0.506 e. The Kier molecular flexibility index (Phi) is 6.08. The van der Waals surface area contributed by atoms with Crippen LogP contribution in [0, 0.1) is 11.3 Å². The second-order valence-corrected chi connectivity index (χ2v) is 10.2. The van der Waals surface area contributed by atoms with E-state index in [1.54, 1.807) is 36.5 Å². The van der Waals surface area contributed by atoms with Crippen LogP contribution in [0.2, 0.25) is 0 Å². The van der Waals surface area contributed by atoms with Crippen molar-refractivity contribution >= 4 is 15.5 Å². The smallest absolute Gasteiger partial charge is 0.221 e. The molecule has 180 valence electrons. The average Bonchev–Trinajstić information content (AvgIpc) is 3.33. The van der Waals surface area contributed by atoms with E-state index in [0.29, 0.717) is 24.3 Å². The molecule has 0 radical (unpaired) electrons. The van der Waals surface area contributed by atoms with Gasteiger partial charge < -0.3 is 15.2 Å². The summed E-state index contributed by atoms with van der Waals surface area (Å²) in [5.41, 5.74) is 3.20. The lowest BCUT2D eigenvalue weighted by Crippen LogP contribution is -2.12. The molecular weight excluding hydrogens is 474 g/mol. The van der Waals surface area contributed by atoms with E-state index in [2.05, 4.69) is 16.4 Å². The summed E-state index contributed by atoms with van der Waals surface area (Å²) in [5, 5.41) is 25.2. The highest BCUT2D eigenvalue weighted by molar-refractivity contribution is 7.91. The average molecular weight is 498 g/mol. The van der Waals surface area contributed by atoms with Crippen LogP contribution in [0.15, 0.2) is 88.8 Å². The Morgan fingerprint density at radius 3 is 2.61 bits per heavy atom. The molecule has 5 rings (SSSR count). The predicted octanol–water partition coefficient (Wildman–Crippen LogP) is 5.11. The molecule has 0 bridgehead atoms. The molecule has 0 saturated heterocycles. The number of hydrogen-bond acceptors (Lipinski definition) is 7. The van der Waals surface area contributed by atoms with Gasteiger partial charge in [0.25, 0.3) is 0 Å². The van der Waals surface area contributed by atoms with Crippen LogP contribution >= 0.6 is 0 Å². The molecule has 1 unspecified atom stereocenters. The third-order valence-corrected chi connectivity index (χ3v) is 8.05. The van der Waals surface area contributed by atoms with Crippen molar-refractivity contribution in [2.24, 2.45) is 0 Å². The lowest BCUT2D eigenvalue weighted by Gasteiger charge is -2.22. The maximum atomic E-state index is 13.6. The lowest BCUT2D eigenvalue weighted by molar-refractivity contribution is 0.328. The third kappa shape index (κ3) is 3.84. The van der Waals surface area contributed by atoms with Crippen molar-refractivity contribution in [1.29, 1.82) is 5.26 Å². The summed E-state index contributed by atoms with van der Waals surface area (Å²) < 4.78 is 33.0. The van der Waals surface area contributed by atoms with Crippen LogP contribution < -0.4 is 10.1 Å². The number of anilines is 1. The summed E-state index contributed by atoms with van der Waals surface area (Å²) >= 11 is 0. The molecule has 2 N–H and O–H groups in total. The Balaban J connectivity index is 1.86. The van der Waals surface area contributed by atoms with E-state index in [9.17, 15) is 18.8 Å². The summed E-state index contributed by atoms with van der Waals surface area (Å²) in [4.78, 5) is 4.00. The van der Waals surface area contributed by atoms with Crippen LogP contribution in [0.25, 0.3) is 11.1 Å². The van der Waals surface area contributed by atoms with Crippen molar-refractivity contribution in [3.05, 3.63) is 95.7 Å². The molecule has 1 aliphatic heterocycles. The molecule has 3 aromatic carbocycles. The Hall–Kier alpha value is -4.35. The summed E-state index contributed by atoms with van der Waals surface area (Å²) in [5.74, 6) is -0.500. The zero-order valence-corrected chi connectivity index (χ0v) is 20.3. The van der Waals surface area contributed by atoms with E-state index in [4.69, 9.17) is 4.74 Å². The van der Waals surface area contributed by atoms with Gasteiger partial charge in [0.05, 0.1) is 23.1 Å². The van der Waals surface area contributed by atoms with E-state index in [0.717, 1.165) is 11.3 Å². The van der Waals surface area contributed by atoms with Gasteiger partial charge in [0, 0.05) is 35.5 Å². The topological polar surface area (TPSA) is 112 Å². The first-order valence-electron chi connectivity index (χ1n) is 11.5. The van der Waals surface area contributed by atoms with Gasteiger partial charge in [-0.1, -0.05) is 36.4 Å². The summed E-state index contributed by atoms with van der Waals surface area (Å²) in [6.45, 7) is 2.61. The second kappa shape index (κ2) is 9.36. The van der Waals surface area contributed by atoms with Gasteiger partial charge in [-0.2, -0.15) is 5.26 Å². The first kappa shape index (κ1) is 23.4. The number of pyridine rings is 1. The number of aromatic nitrogens is 1. The van der Waals surface area contributed by atoms with Gasteiger partial charge in [0.2, 0.25) is 15.7 Å². The maximum absolute atomic E-state index is 13.6. The zero-order valence-electron chi connectivity index (χ0n) is 19.5. The monoisotopic (exact) mass is 497 g/mol. The number of nitrogens with one attached hydrogen (secondary N) is 1. The number of phenolic OH excluding ortho intramolecular Hbond substituents is 1. The molecule has 0 aliphatic carbocycles. The molecule has 8 heteroatoms. The minimum atomic E-state index is -4.14. The number of para-hydroxylation sites is 1. The Bertz CT molecular complexity index is 1600. The van der Waals surface area contributed by atoms with Crippen molar-refractivity contribution in [3.63, 3.8) is 0 Å². The number of sulfone groups is 1. The molecule has 0 fully saturated rings. The highest BCUT2D eigenvalue weighted by Crippen LogP contribution is 2.49. The Labute approximate surface area is 209 Å². The number of ether oxygens (including phenoxy) is 1. The minimum absolute atomic E-state index is 0.0204. The van der Waals surface area contributed by atoms with Gasteiger partial charge in [-0.3, -0.25) is 0 Å². The quantitative estimate of drug-likeness (QED) is 0.380. The minimum Gasteiger partial charge on any atom is -0.506 e. The van der Waals surface area contributed by atoms with Gasteiger partial charge in [-0.05, 0) is 54.4 Å². The summed E-state index contributed by atoms with van der Waals surface area (Å²) in [6, 6.07) is 22.5. The molecule has 2 heterocycles. The van der Waals surface area contributed by atoms with Crippen LogP contribution in [-0.4, -0.2) is 31.7 Å². The summed E-state index contributed by atoms with van der Waals surface area (Å²) in [6.07, 6.45) is 1.56. The number of nitriles is 1. The fourth-order valence-corrected chi connectivity index (χ4v) is 6.09.